The average Bonchev–Trinajstić information content (AvgIpc) is 3.44. The summed E-state index contributed by atoms with van der Waals surface area (Å²) >= 11 is 0. The van der Waals surface area contributed by atoms with Gasteiger partial charge >= 0.3 is 0 Å². The van der Waals surface area contributed by atoms with Crippen LogP contribution in [0.15, 0.2) is 41.6 Å². The third kappa shape index (κ3) is 2.92. The molecule has 0 bridgehead atoms. The lowest BCUT2D eigenvalue weighted by atomic mass is 9.86. The maximum atomic E-state index is 12.8. The van der Waals surface area contributed by atoms with Crippen molar-refractivity contribution in [1.82, 2.24) is 24.9 Å². The highest BCUT2D eigenvalue weighted by molar-refractivity contribution is 6.09. The fourth-order valence-electron chi connectivity index (χ4n) is 4.20. The van der Waals surface area contributed by atoms with Crippen molar-refractivity contribution in [3.8, 4) is 11.4 Å². The van der Waals surface area contributed by atoms with Crippen molar-refractivity contribution in [3.63, 3.8) is 0 Å². The van der Waals surface area contributed by atoms with Gasteiger partial charge in [-0.2, -0.15) is 0 Å². The van der Waals surface area contributed by atoms with Gasteiger partial charge in [0.1, 0.15) is 17.2 Å². The van der Waals surface area contributed by atoms with Crippen LogP contribution in [0.4, 0.5) is 11.4 Å². The molecule has 4 heterocycles. The number of amides is 1. The van der Waals surface area contributed by atoms with E-state index < -0.39 is 5.41 Å². The van der Waals surface area contributed by atoms with Crippen molar-refractivity contribution in [3.05, 3.63) is 58.5 Å². The predicted molar refractivity (Wildman–Crippen MR) is 119 cm³/mol. The van der Waals surface area contributed by atoms with Crippen LogP contribution in [-0.4, -0.2) is 37.4 Å². The molecule has 0 saturated carbocycles. The lowest BCUT2D eigenvalue weighted by molar-refractivity contribution is -0.122. The smallest absolute Gasteiger partial charge is 0.261 e. The average molecular weight is 417 g/mol. The maximum absolute atomic E-state index is 12.8. The second-order valence-corrected chi connectivity index (χ2v) is 8.13. The van der Waals surface area contributed by atoms with Crippen molar-refractivity contribution in [2.24, 2.45) is 0 Å². The molecule has 9 heteroatoms. The molecule has 0 radical (unpaired) electrons. The lowest BCUT2D eigenvalue weighted by Gasteiger charge is -2.18. The first-order valence-corrected chi connectivity index (χ1v) is 10.2. The Hall–Kier alpha value is -3.88. The molecular formula is C22H23N7O2. The molecule has 0 unspecified atom stereocenters. The van der Waals surface area contributed by atoms with E-state index in [1.54, 1.807) is 29.6 Å². The zero-order valence-electron chi connectivity index (χ0n) is 17.5. The first kappa shape index (κ1) is 19.1. The number of rotatable bonds is 5. The van der Waals surface area contributed by atoms with E-state index in [-0.39, 0.29) is 11.5 Å². The summed E-state index contributed by atoms with van der Waals surface area (Å²) in [7, 11) is 0. The van der Waals surface area contributed by atoms with Crippen LogP contribution >= 0.6 is 0 Å². The summed E-state index contributed by atoms with van der Waals surface area (Å²) in [5, 5.41) is 3.25. The summed E-state index contributed by atoms with van der Waals surface area (Å²) in [6, 6.07) is 5.70. The van der Waals surface area contributed by atoms with E-state index >= 15 is 0 Å². The first-order chi connectivity index (χ1) is 14.9. The lowest BCUT2D eigenvalue weighted by Crippen LogP contribution is -2.35. The summed E-state index contributed by atoms with van der Waals surface area (Å²) in [5.41, 5.74) is 3.55. The minimum Gasteiger partial charge on any atom is -0.377 e. The molecule has 158 valence electrons. The normalized spacial score (nSPS) is 14.9. The van der Waals surface area contributed by atoms with E-state index in [0.717, 1.165) is 22.6 Å². The van der Waals surface area contributed by atoms with Crippen LogP contribution in [0.2, 0.25) is 0 Å². The fraction of sp³-hybridized carbons (Fsp3) is 0.273. The van der Waals surface area contributed by atoms with Gasteiger partial charge in [0, 0.05) is 25.1 Å². The van der Waals surface area contributed by atoms with Gasteiger partial charge in [-0.1, -0.05) is 0 Å². The molecule has 0 spiro atoms. The summed E-state index contributed by atoms with van der Waals surface area (Å²) in [6.45, 7) is 6.87. The molecule has 0 fully saturated rings. The molecule has 1 amide bonds. The molecule has 5 rings (SSSR count). The Bertz CT molecular complexity index is 1350. The van der Waals surface area contributed by atoms with Crippen LogP contribution in [0.1, 0.15) is 32.2 Å². The Morgan fingerprint density at radius 1 is 1.16 bits per heavy atom. The van der Waals surface area contributed by atoms with Crippen molar-refractivity contribution in [1.29, 1.82) is 0 Å². The quantitative estimate of drug-likeness (QED) is 0.398. The number of pyridine rings is 1. The Morgan fingerprint density at radius 3 is 2.74 bits per heavy atom. The number of nitrogens with one attached hydrogen (secondary N) is 4. The van der Waals surface area contributed by atoms with Gasteiger partial charge in [0.05, 0.1) is 34.4 Å². The number of aromatic nitrogens is 5. The minimum absolute atomic E-state index is 0.0850. The highest BCUT2D eigenvalue weighted by atomic mass is 16.2. The third-order valence-corrected chi connectivity index (χ3v) is 5.86. The summed E-state index contributed by atoms with van der Waals surface area (Å²) < 4.78 is 0. The third-order valence-electron chi connectivity index (χ3n) is 5.86. The zero-order chi connectivity index (χ0) is 21.8. The van der Waals surface area contributed by atoms with E-state index in [0.29, 0.717) is 35.7 Å². The van der Waals surface area contributed by atoms with E-state index in [1.165, 1.54) is 0 Å². The van der Waals surface area contributed by atoms with Crippen molar-refractivity contribution < 1.29 is 4.79 Å². The molecule has 1 aliphatic rings. The van der Waals surface area contributed by atoms with Crippen LogP contribution < -0.4 is 15.8 Å². The van der Waals surface area contributed by atoms with Gasteiger partial charge in [-0.15, -0.1) is 0 Å². The van der Waals surface area contributed by atoms with Gasteiger partial charge in [-0.3, -0.25) is 9.59 Å². The standard InChI is InChI=1S/C22H23N7O2/c1-4-29-16-10-15-14(9-12(16)22(2,3)21(29)31)27-19(28-15)18-13(5-6-25-20(18)30)26-11-17-23-7-8-24-17/h5-10H,4,11H2,1-3H3,(H,23,24)(H,27,28)(H2,25,26,30). The maximum Gasteiger partial charge on any atom is 0.261 e. The van der Waals surface area contributed by atoms with E-state index in [4.69, 9.17) is 4.98 Å². The van der Waals surface area contributed by atoms with Crippen LogP contribution in [0, 0.1) is 0 Å². The highest BCUT2D eigenvalue weighted by Crippen LogP contribution is 2.43. The number of hydrogen-bond donors (Lipinski definition) is 4. The van der Waals surface area contributed by atoms with Gasteiger partial charge in [0.2, 0.25) is 5.91 Å². The number of likely N-dealkylation sites (N-methyl/N-ethyl adjacent to an activating group) is 1. The summed E-state index contributed by atoms with van der Waals surface area (Å²) in [5.74, 6) is 1.32. The second-order valence-electron chi connectivity index (χ2n) is 8.13. The van der Waals surface area contributed by atoms with E-state index in [1.807, 2.05) is 32.9 Å². The van der Waals surface area contributed by atoms with Crippen LogP contribution in [0.3, 0.4) is 0 Å². The molecule has 0 atom stereocenters. The number of carbonyl (C=O) groups excluding carboxylic acids is 1. The van der Waals surface area contributed by atoms with Crippen molar-refractivity contribution >= 4 is 28.3 Å². The molecule has 4 N–H and O–H groups in total. The van der Waals surface area contributed by atoms with Crippen LogP contribution in [0.5, 0.6) is 0 Å². The van der Waals surface area contributed by atoms with Gasteiger partial charge < -0.3 is 25.2 Å². The number of imidazole rings is 2. The molecule has 3 aromatic heterocycles. The van der Waals surface area contributed by atoms with Gasteiger partial charge in [0.25, 0.3) is 5.56 Å². The molecule has 0 aliphatic carbocycles. The van der Waals surface area contributed by atoms with E-state index in [9.17, 15) is 9.59 Å². The molecule has 9 nitrogen and oxygen atoms in total. The number of hydrogen-bond acceptors (Lipinski definition) is 5. The van der Waals surface area contributed by atoms with Crippen molar-refractivity contribution in [2.75, 3.05) is 16.8 Å². The van der Waals surface area contributed by atoms with E-state index in [2.05, 4.69) is 25.3 Å². The number of benzene rings is 1. The molecule has 1 aromatic carbocycles. The molecular weight excluding hydrogens is 394 g/mol. The van der Waals surface area contributed by atoms with Crippen LogP contribution in [-0.2, 0) is 16.8 Å². The Labute approximate surface area is 177 Å². The molecule has 31 heavy (non-hydrogen) atoms. The number of carbonyl (C=O) groups is 1. The Morgan fingerprint density at radius 2 is 2.00 bits per heavy atom. The summed E-state index contributed by atoms with van der Waals surface area (Å²) in [6.07, 6.45) is 5.03. The fourth-order valence-corrected chi connectivity index (χ4v) is 4.20. The van der Waals surface area contributed by atoms with Crippen molar-refractivity contribution in [2.45, 2.75) is 32.7 Å². The number of anilines is 2. The Kier molecular flexibility index (Phi) is 4.21. The Balaban J connectivity index is 1.60. The summed E-state index contributed by atoms with van der Waals surface area (Å²) in [4.78, 5) is 45.2. The molecule has 1 aliphatic heterocycles. The number of H-pyrrole nitrogens is 3. The van der Waals surface area contributed by atoms with Gasteiger partial charge in [0.15, 0.2) is 0 Å². The largest absolute Gasteiger partial charge is 0.377 e. The highest BCUT2D eigenvalue weighted by Gasteiger charge is 2.43. The topological polar surface area (TPSA) is 123 Å². The minimum atomic E-state index is -0.606. The van der Waals surface area contributed by atoms with Gasteiger partial charge in [-0.25, -0.2) is 9.97 Å². The number of fused-ring (bicyclic) bond motifs is 2. The molecule has 4 aromatic rings. The zero-order valence-corrected chi connectivity index (χ0v) is 17.5. The predicted octanol–water partition coefficient (Wildman–Crippen LogP) is 2.90. The van der Waals surface area contributed by atoms with Gasteiger partial charge in [-0.05, 0) is 44.5 Å². The number of nitrogens with zero attached hydrogens (tertiary/aromatic N) is 3. The number of aromatic amines is 3. The SMILES string of the molecule is CCN1C(=O)C(C)(C)c2cc3[nH]c(-c4c(NCc5ncc[nH]5)cc[nH]c4=O)nc3cc21. The molecule has 0 saturated heterocycles. The van der Waals surface area contributed by atoms with Crippen LogP contribution in [0.25, 0.3) is 22.4 Å². The second kappa shape index (κ2) is 6.83. The monoisotopic (exact) mass is 417 g/mol. The first-order valence-electron chi connectivity index (χ1n) is 10.2.